The smallest absolute Gasteiger partial charge is 0.0270 e. The number of rotatable bonds is 7. The van der Waals surface area contributed by atoms with E-state index in [-0.39, 0.29) is 0 Å². The molecule has 0 bridgehead atoms. The van der Waals surface area contributed by atoms with Crippen LogP contribution < -0.4 is 0 Å². The third kappa shape index (κ3) is 3.79. The molecule has 0 heterocycles. The first kappa shape index (κ1) is 16.0. The molecule has 0 radical (unpaired) electrons. The lowest BCUT2D eigenvalue weighted by Crippen LogP contribution is -2.36. The zero-order valence-corrected chi connectivity index (χ0v) is 12.9. The fraction of sp³-hybridized carbons (Fsp3) is 1.00. The van der Waals surface area contributed by atoms with Gasteiger partial charge in [0.2, 0.25) is 0 Å². The fourth-order valence-corrected chi connectivity index (χ4v) is 2.96. The molecule has 0 aromatic rings. The first-order valence-electron chi connectivity index (χ1n) is 7.29. The Kier molecular flexibility index (Phi) is 6.67. The summed E-state index contributed by atoms with van der Waals surface area (Å²) in [6.07, 6.45) is 4.01. The molecular weight excluding hydrogens is 192 g/mol. The molecule has 0 aromatic carbocycles. The van der Waals surface area contributed by atoms with Crippen LogP contribution in [0.15, 0.2) is 0 Å². The Morgan fingerprint density at radius 3 is 1.69 bits per heavy atom. The minimum atomic E-state index is 0.512. The lowest BCUT2D eigenvalue weighted by atomic mass is 9.61. The molecule has 0 saturated heterocycles. The minimum absolute atomic E-state index is 0.512. The molecule has 0 fully saturated rings. The summed E-state index contributed by atoms with van der Waals surface area (Å²) in [5.41, 5.74) is 0.512. The molecule has 0 N–H and O–H groups in total. The summed E-state index contributed by atoms with van der Waals surface area (Å²) in [5, 5.41) is 0. The highest BCUT2D eigenvalue weighted by molar-refractivity contribution is 4.87. The standard InChI is InChI=1S/C16H34/c1-9-13(5)11-16(8,14(6)10-2)15(7)12(3)4/h12-15H,9-11H2,1-8H3. The summed E-state index contributed by atoms with van der Waals surface area (Å²) in [7, 11) is 0. The topological polar surface area (TPSA) is 0 Å². The molecule has 0 heteroatoms. The van der Waals surface area contributed by atoms with Gasteiger partial charge in [0, 0.05) is 0 Å². The third-order valence-electron chi connectivity index (χ3n) is 5.26. The second-order valence-corrected chi connectivity index (χ2v) is 6.57. The predicted octanol–water partition coefficient (Wildman–Crippen LogP) is 5.77. The van der Waals surface area contributed by atoms with Crippen LogP contribution in [0.3, 0.4) is 0 Å². The van der Waals surface area contributed by atoms with E-state index in [2.05, 4.69) is 55.4 Å². The Balaban J connectivity index is 4.87. The van der Waals surface area contributed by atoms with E-state index in [1.54, 1.807) is 0 Å². The van der Waals surface area contributed by atoms with Crippen molar-refractivity contribution >= 4 is 0 Å². The Labute approximate surface area is 104 Å². The van der Waals surface area contributed by atoms with Crippen molar-refractivity contribution in [2.45, 2.75) is 74.7 Å². The molecule has 0 aliphatic heterocycles. The molecule has 0 amide bonds. The Morgan fingerprint density at radius 2 is 1.38 bits per heavy atom. The predicted molar refractivity (Wildman–Crippen MR) is 75.6 cm³/mol. The molecule has 4 atom stereocenters. The maximum absolute atomic E-state index is 2.53. The molecule has 0 aromatic heterocycles. The lowest BCUT2D eigenvalue weighted by Gasteiger charge is -2.44. The van der Waals surface area contributed by atoms with Crippen molar-refractivity contribution in [2.75, 3.05) is 0 Å². The van der Waals surface area contributed by atoms with Gasteiger partial charge >= 0.3 is 0 Å². The van der Waals surface area contributed by atoms with Gasteiger partial charge in [-0.15, -0.1) is 0 Å². The molecule has 0 rings (SSSR count). The fourth-order valence-electron chi connectivity index (χ4n) is 2.96. The van der Waals surface area contributed by atoms with E-state index in [1.165, 1.54) is 19.3 Å². The van der Waals surface area contributed by atoms with Crippen LogP contribution in [-0.2, 0) is 0 Å². The van der Waals surface area contributed by atoms with Crippen molar-refractivity contribution in [3.8, 4) is 0 Å². The van der Waals surface area contributed by atoms with E-state index in [4.69, 9.17) is 0 Å². The summed E-state index contributed by atoms with van der Waals surface area (Å²) < 4.78 is 0. The van der Waals surface area contributed by atoms with Gasteiger partial charge in [0.05, 0.1) is 0 Å². The summed E-state index contributed by atoms with van der Waals surface area (Å²) in [4.78, 5) is 0. The molecule has 0 nitrogen and oxygen atoms in total. The van der Waals surface area contributed by atoms with Gasteiger partial charge in [0.15, 0.2) is 0 Å². The van der Waals surface area contributed by atoms with Gasteiger partial charge in [-0.1, -0.05) is 68.2 Å². The lowest BCUT2D eigenvalue weighted by molar-refractivity contribution is 0.0494. The van der Waals surface area contributed by atoms with Crippen LogP contribution in [0, 0.1) is 29.1 Å². The molecule has 0 saturated carbocycles. The minimum Gasteiger partial charge on any atom is -0.0651 e. The molecule has 0 aliphatic rings. The average Bonchev–Trinajstić information content (AvgIpc) is 2.25. The molecule has 16 heavy (non-hydrogen) atoms. The van der Waals surface area contributed by atoms with Crippen molar-refractivity contribution in [1.29, 1.82) is 0 Å². The van der Waals surface area contributed by atoms with Gasteiger partial charge in [0.1, 0.15) is 0 Å². The van der Waals surface area contributed by atoms with E-state index < -0.39 is 0 Å². The average molecular weight is 226 g/mol. The van der Waals surface area contributed by atoms with E-state index in [0.29, 0.717) is 5.41 Å². The Hall–Kier alpha value is 0. The quantitative estimate of drug-likeness (QED) is 0.517. The summed E-state index contributed by atoms with van der Waals surface area (Å²) in [6, 6.07) is 0. The zero-order valence-electron chi connectivity index (χ0n) is 12.9. The van der Waals surface area contributed by atoms with Gasteiger partial charge in [0.25, 0.3) is 0 Å². The Morgan fingerprint density at radius 1 is 0.875 bits per heavy atom. The second-order valence-electron chi connectivity index (χ2n) is 6.57. The number of hydrogen-bond donors (Lipinski definition) is 0. The van der Waals surface area contributed by atoms with Gasteiger partial charge in [-0.2, -0.15) is 0 Å². The summed E-state index contributed by atoms with van der Waals surface area (Å²) in [6.45, 7) is 19.3. The van der Waals surface area contributed by atoms with Crippen LogP contribution in [0.4, 0.5) is 0 Å². The van der Waals surface area contributed by atoms with Gasteiger partial charge in [-0.25, -0.2) is 0 Å². The molecule has 0 spiro atoms. The van der Waals surface area contributed by atoms with E-state index >= 15 is 0 Å². The van der Waals surface area contributed by atoms with Gasteiger partial charge in [-0.05, 0) is 35.5 Å². The van der Waals surface area contributed by atoms with E-state index in [0.717, 1.165) is 23.7 Å². The zero-order chi connectivity index (χ0) is 12.9. The van der Waals surface area contributed by atoms with Crippen molar-refractivity contribution in [3.63, 3.8) is 0 Å². The normalized spacial score (nSPS) is 21.6. The number of hydrogen-bond acceptors (Lipinski definition) is 0. The third-order valence-corrected chi connectivity index (χ3v) is 5.26. The van der Waals surface area contributed by atoms with E-state index in [1.807, 2.05) is 0 Å². The van der Waals surface area contributed by atoms with Crippen molar-refractivity contribution in [2.24, 2.45) is 29.1 Å². The van der Waals surface area contributed by atoms with Crippen LogP contribution >= 0.6 is 0 Å². The van der Waals surface area contributed by atoms with Crippen molar-refractivity contribution in [1.82, 2.24) is 0 Å². The first-order chi connectivity index (χ1) is 7.29. The molecule has 98 valence electrons. The van der Waals surface area contributed by atoms with Crippen LogP contribution in [-0.4, -0.2) is 0 Å². The molecular formula is C16H34. The Bertz CT molecular complexity index is 182. The SMILES string of the molecule is CCC(C)CC(C)(C(C)CC)C(C)C(C)C. The second kappa shape index (κ2) is 6.67. The van der Waals surface area contributed by atoms with Crippen LogP contribution in [0.5, 0.6) is 0 Å². The van der Waals surface area contributed by atoms with Gasteiger partial charge < -0.3 is 0 Å². The maximum atomic E-state index is 2.53. The monoisotopic (exact) mass is 226 g/mol. The highest BCUT2D eigenvalue weighted by atomic mass is 14.4. The summed E-state index contributed by atoms with van der Waals surface area (Å²) >= 11 is 0. The maximum Gasteiger partial charge on any atom is -0.0270 e. The summed E-state index contributed by atoms with van der Waals surface area (Å²) in [5.74, 6) is 3.30. The first-order valence-corrected chi connectivity index (χ1v) is 7.29. The molecule has 0 aliphatic carbocycles. The van der Waals surface area contributed by atoms with Crippen LogP contribution in [0.25, 0.3) is 0 Å². The highest BCUT2D eigenvalue weighted by Gasteiger charge is 2.37. The largest absolute Gasteiger partial charge is 0.0651 e. The van der Waals surface area contributed by atoms with Crippen LogP contribution in [0.2, 0.25) is 0 Å². The van der Waals surface area contributed by atoms with Crippen LogP contribution in [0.1, 0.15) is 74.7 Å². The van der Waals surface area contributed by atoms with Crippen molar-refractivity contribution in [3.05, 3.63) is 0 Å². The van der Waals surface area contributed by atoms with Crippen molar-refractivity contribution < 1.29 is 0 Å². The molecule has 4 unspecified atom stereocenters. The highest BCUT2D eigenvalue weighted by Crippen LogP contribution is 2.46. The van der Waals surface area contributed by atoms with E-state index in [9.17, 15) is 0 Å². The van der Waals surface area contributed by atoms with Gasteiger partial charge in [-0.3, -0.25) is 0 Å².